The second kappa shape index (κ2) is 18.0. The van der Waals surface area contributed by atoms with Crippen molar-refractivity contribution >= 4 is 54.9 Å². The molecule has 6 rings (SSSR count). The largest absolute Gasteiger partial charge is 0.522 e. The van der Waals surface area contributed by atoms with Crippen molar-refractivity contribution in [1.29, 1.82) is 0 Å². The molecule has 0 aliphatic carbocycles. The third kappa shape index (κ3) is 12.6. The first-order chi connectivity index (χ1) is 27.6. The Morgan fingerprint density at radius 1 is 0.576 bits per heavy atom. The Hall–Kier alpha value is -5.77. The summed E-state index contributed by atoms with van der Waals surface area (Å²) in [5, 5.41) is 4.78. The Morgan fingerprint density at radius 3 is 1.36 bits per heavy atom. The van der Waals surface area contributed by atoms with Crippen LogP contribution in [-0.4, -0.2) is 42.0 Å². The Balaban J connectivity index is 0.000000749. The van der Waals surface area contributed by atoms with Gasteiger partial charge in [0.15, 0.2) is 14.7 Å². The van der Waals surface area contributed by atoms with E-state index in [1.165, 1.54) is 21.5 Å². The van der Waals surface area contributed by atoms with Gasteiger partial charge in [0.2, 0.25) is 0 Å². The Bertz CT molecular complexity index is 2440. The monoisotopic (exact) mass is 851 g/mol. The zero-order valence-corrected chi connectivity index (χ0v) is 34.5. The molecule has 0 aromatic heterocycles. The summed E-state index contributed by atoms with van der Waals surface area (Å²) in [6.07, 6.45) is -1.52. The van der Waals surface area contributed by atoms with Gasteiger partial charge < -0.3 is 23.7 Å². The van der Waals surface area contributed by atoms with Gasteiger partial charge in [-0.2, -0.15) is 21.6 Å². The number of benzene rings is 6. The van der Waals surface area contributed by atoms with Gasteiger partial charge in [0.1, 0.15) is 35.1 Å². The van der Waals surface area contributed by atoms with Gasteiger partial charge in [-0.15, -0.1) is 0 Å². The van der Waals surface area contributed by atoms with Crippen LogP contribution in [0.2, 0.25) is 0 Å². The molecule has 6 aromatic carbocycles. The lowest BCUT2D eigenvalue weighted by molar-refractivity contribution is -0.0510. The highest BCUT2D eigenvalue weighted by Gasteiger charge is 2.44. The van der Waals surface area contributed by atoms with Crippen LogP contribution in [0.15, 0.2) is 142 Å². The highest BCUT2D eigenvalue weighted by molar-refractivity contribution is 7.97. The van der Waals surface area contributed by atoms with Crippen LogP contribution in [-0.2, 0) is 37.1 Å². The Labute approximate surface area is 342 Å². The number of fused-ring (bicyclic) bond motifs is 3. The predicted octanol–water partition coefficient (Wildman–Crippen LogP) is 11.7. The summed E-state index contributed by atoms with van der Waals surface area (Å²) in [5.74, 6) is 1.51. The van der Waals surface area contributed by atoms with Crippen molar-refractivity contribution in [2.45, 2.75) is 79.5 Å². The fourth-order valence-corrected chi connectivity index (χ4v) is 7.56. The fraction of sp³-hybridized carbons (Fsp3) is 0.227. The molecule has 0 aliphatic heterocycles. The number of ether oxygens (including phenoxy) is 5. The van der Waals surface area contributed by atoms with E-state index in [-0.39, 0.29) is 0 Å². The second-order valence-corrected chi connectivity index (χ2v) is 18.3. The number of halogens is 3. The molecule has 59 heavy (non-hydrogen) atoms. The van der Waals surface area contributed by atoms with Crippen LogP contribution in [0.3, 0.4) is 0 Å². The normalized spacial score (nSPS) is 12.1. The smallest absolute Gasteiger partial charge is 0.489 e. The number of alkyl halides is 3. The van der Waals surface area contributed by atoms with Gasteiger partial charge in [-0.1, -0.05) is 48.5 Å². The van der Waals surface area contributed by atoms with E-state index in [0.29, 0.717) is 18.1 Å². The highest BCUT2D eigenvalue weighted by atomic mass is 32.2. The van der Waals surface area contributed by atoms with E-state index < -0.39 is 50.0 Å². The fourth-order valence-electron chi connectivity index (χ4n) is 5.51. The van der Waals surface area contributed by atoms with E-state index in [1.54, 1.807) is 65.8 Å². The number of rotatable bonds is 8. The molecule has 0 unspecified atom stereocenters. The van der Waals surface area contributed by atoms with Crippen molar-refractivity contribution in [2.75, 3.05) is 0 Å². The number of carbonyl (C=O) groups excluding carboxylic acids is 2. The summed E-state index contributed by atoms with van der Waals surface area (Å²) in [6.45, 7) is 11.1. The molecule has 310 valence electrons. The van der Waals surface area contributed by atoms with Crippen molar-refractivity contribution in [3.05, 3.63) is 133 Å². The molecule has 15 heteroatoms. The summed E-state index contributed by atoms with van der Waals surface area (Å²) in [6, 6.07) is 41.9. The first-order valence-electron chi connectivity index (χ1n) is 18.0. The van der Waals surface area contributed by atoms with E-state index in [1.807, 2.05) is 36.4 Å². The summed E-state index contributed by atoms with van der Waals surface area (Å²) in [7, 11) is -6.41. The van der Waals surface area contributed by atoms with Crippen molar-refractivity contribution in [2.24, 2.45) is 0 Å². The Morgan fingerprint density at radius 2 is 0.949 bits per heavy atom. The minimum atomic E-state index is -5.84. The number of hydrogen-bond donors (Lipinski definition) is 1. The molecule has 0 bridgehead atoms. The van der Waals surface area contributed by atoms with E-state index in [4.69, 9.17) is 36.7 Å². The van der Waals surface area contributed by atoms with Crippen LogP contribution in [0.5, 0.6) is 17.2 Å². The van der Waals surface area contributed by atoms with E-state index >= 15 is 0 Å². The molecule has 0 saturated carbocycles. The van der Waals surface area contributed by atoms with E-state index in [2.05, 4.69) is 66.7 Å². The summed E-state index contributed by atoms with van der Waals surface area (Å²) >= 11 is 0. The lowest BCUT2D eigenvalue weighted by Crippen LogP contribution is -2.26. The molecule has 0 heterocycles. The molecule has 10 nitrogen and oxygen atoms in total. The highest BCUT2D eigenvalue weighted by Crippen LogP contribution is 2.35. The first-order valence-corrected chi connectivity index (χ1v) is 20.6. The molecular formula is C44H42F3O10S2+. The quantitative estimate of drug-likeness (QED) is 0.0394. The Kier molecular flexibility index (Phi) is 13.5. The SMILES string of the molecule is CC(C)(C)OC(=O)Oc1ccc([S+](c2ccc(OCc3cc4ccccc4c4ccccc34)cc2)c2ccc(OC(=O)OC(C)(C)C)cc2)cc1.O=S(=O)(O)C(F)(F)F. The van der Waals surface area contributed by atoms with Crippen molar-refractivity contribution < 1.29 is 59.4 Å². The molecule has 6 aromatic rings. The van der Waals surface area contributed by atoms with E-state index in [0.717, 1.165) is 26.0 Å². The van der Waals surface area contributed by atoms with Crippen molar-refractivity contribution in [1.82, 2.24) is 0 Å². The van der Waals surface area contributed by atoms with Gasteiger partial charge in [-0.3, -0.25) is 4.55 Å². The average molecular weight is 852 g/mol. The van der Waals surface area contributed by atoms with Crippen LogP contribution in [0, 0.1) is 0 Å². The van der Waals surface area contributed by atoms with Crippen LogP contribution in [0.25, 0.3) is 21.5 Å². The third-order valence-electron chi connectivity index (χ3n) is 7.90. The number of hydrogen-bond acceptors (Lipinski definition) is 9. The molecule has 0 amide bonds. The van der Waals surface area contributed by atoms with Crippen LogP contribution < -0.4 is 14.2 Å². The van der Waals surface area contributed by atoms with Crippen molar-refractivity contribution in [3.63, 3.8) is 0 Å². The lowest BCUT2D eigenvalue weighted by atomic mass is 9.98. The maximum Gasteiger partial charge on any atom is 0.522 e. The summed E-state index contributed by atoms with van der Waals surface area (Å²) in [5.41, 5.74) is -5.74. The molecule has 0 aliphatic rings. The molecule has 0 saturated heterocycles. The van der Waals surface area contributed by atoms with Crippen molar-refractivity contribution in [3.8, 4) is 17.2 Å². The van der Waals surface area contributed by atoms with Gasteiger partial charge >= 0.3 is 27.9 Å². The zero-order chi connectivity index (χ0) is 43.2. The molecule has 0 spiro atoms. The van der Waals surface area contributed by atoms with Gasteiger partial charge in [0.05, 0.1) is 10.9 Å². The standard InChI is InChI=1S/C43H41O7S.CHF3O3S/c1-42(2,3)49-40(44)47-32-17-23-35(24-18-32)51(36-25-19-33(20-26-36)48-41(45)50-43(4,5)6)34-21-15-31(16-22-34)46-28-30-27-29-11-7-8-12-37(29)39-14-10-9-13-38(30)39;2-1(3,4)8(5,6)7/h7-27H,28H2,1-6H3;(H,5,6,7)/q+1;. The average Bonchev–Trinajstić information content (AvgIpc) is 3.14. The minimum Gasteiger partial charge on any atom is -0.489 e. The summed E-state index contributed by atoms with van der Waals surface area (Å²) in [4.78, 5) is 27.6. The second-order valence-electron chi connectivity index (χ2n) is 14.9. The number of carbonyl (C=O) groups is 2. The van der Waals surface area contributed by atoms with Gasteiger partial charge in [0.25, 0.3) is 0 Å². The maximum absolute atomic E-state index is 12.3. The van der Waals surface area contributed by atoms with Gasteiger partial charge in [0, 0.05) is 0 Å². The predicted molar refractivity (Wildman–Crippen MR) is 219 cm³/mol. The minimum absolute atomic E-state index is 0.377. The van der Waals surface area contributed by atoms with Crippen LogP contribution >= 0.6 is 0 Å². The van der Waals surface area contributed by atoms with E-state index in [9.17, 15) is 22.8 Å². The maximum atomic E-state index is 12.3. The zero-order valence-electron chi connectivity index (χ0n) is 32.9. The van der Waals surface area contributed by atoms with Gasteiger partial charge in [-0.05, 0) is 148 Å². The van der Waals surface area contributed by atoms with Gasteiger partial charge in [-0.25, -0.2) is 9.59 Å². The molecule has 0 radical (unpaired) electrons. The lowest BCUT2D eigenvalue weighted by Gasteiger charge is -2.18. The third-order valence-corrected chi connectivity index (χ3v) is 10.7. The summed E-state index contributed by atoms with van der Waals surface area (Å²) < 4.78 is 85.3. The topological polar surface area (TPSA) is 135 Å². The first kappa shape index (κ1) is 44.3. The molecule has 1 N–H and O–H groups in total. The van der Waals surface area contributed by atoms with Crippen LogP contribution in [0.4, 0.5) is 22.8 Å². The molecular weight excluding hydrogens is 810 g/mol. The molecule has 0 atom stereocenters. The van der Waals surface area contributed by atoms with Crippen LogP contribution in [0.1, 0.15) is 47.1 Å². The molecule has 0 fully saturated rings.